The van der Waals surface area contributed by atoms with Crippen molar-refractivity contribution in [2.75, 3.05) is 7.11 Å². The van der Waals surface area contributed by atoms with E-state index in [1.807, 2.05) is 54.6 Å². The number of nitrogens with zero attached hydrogens (tertiary/aromatic N) is 3. The van der Waals surface area contributed by atoms with Gasteiger partial charge in [0.15, 0.2) is 5.82 Å². The van der Waals surface area contributed by atoms with E-state index >= 15 is 0 Å². The van der Waals surface area contributed by atoms with Crippen LogP contribution >= 0.6 is 0 Å². The third kappa shape index (κ3) is 3.88. The van der Waals surface area contributed by atoms with Crippen molar-refractivity contribution in [3.05, 3.63) is 96.1 Å². The predicted octanol–water partition coefficient (Wildman–Crippen LogP) is 5.69. The standard InChI is InChI=1S/C25H18FN3O2/c1-30-19-12-6-16(7-13-19)14-24-28-25(31-29-24)21-15-23(17-8-10-18(26)11-9-17)27-22-5-3-2-4-20(21)22/h2-13,15H,14H2,1H3. The zero-order valence-corrected chi connectivity index (χ0v) is 16.7. The molecule has 31 heavy (non-hydrogen) atoms. The van der Waals surface area contributed by atoms with Crippen molar-refractivity contribution in [2.24, 2.45) is 0 Å². The number of methoxy groups -OCH3 is 1. The number of rotatable bonds is 5. The second-order valence-corrected chi connectivity index (χ2v) is 7.12. The lowest BCUT2D eigenvalue weighted by Gasteiger charge is -2.07. The first-order valence-corrected chi connectivity index (χ1v) is 9.81. The van der Waals surface area contributed by atoms with Gasteiger partial charge in [-0.05, 0) is 54.1 Å². The van der Waals surface area contributed by atoms with Crippen LogP contribution in [0.25, 0.3) is 33.6 Å². The van der Waals surface area contributed by atoms with E-state index in [4.69, 9.17) is 14.2 Å². The molecule has 2 heterocycles. The Bertz CT molecular complexity index is 1350. The smallest absolute Gasteiger partial charge is 0.258 e. The molecule has 6 heteroatoms. The summed E-state index contributed by atoms with van der Waals surface area (Å²) in [7, 11) is 1.64. The third-order valence-corrected chi connectivity index (χ3v) is 5.08. The van der Waals surface area contributed by atoms with Crippen molar-refractivity contribution < 1.29 is 13.7 Å². The Morgan fingerprint density at radius 3 is 2.45 bits per heavy atom. The number of hydrogen-bond acceptors (Lipinski definition) is 5. The SMILES string of the molecule is COc1ccc(Cc2noc(-c3cc(-c4ccc(F)cc4)nc4ccccc34)n2)cc1. The second kappa shape index (κ2) is 7.99. The molecular weight excluding hydrogens is 393 g/mol. The van der Waals surface area contributed by atoms with Crippen LogP contribution in [-0.4, -0.2) is 22.2 Å². The minimum absolute atomic E-state index is 0.287. The molecule has 0 N–H and O–H groups in total. The van der Waals surface area contributed by atoms with Crippen molar-refractivity contribution >= 4 is 10.9 Å². The summed E-state index contributed by atoms with van der Waals surface area (Å²) in [5, 5.41) is 5.07. The molecule has 152 valence electrons. The first-order chi connectivity index (χ1) is 15.2. The summed E-state index contributed by atoms with van der Waals surface area (Å²) in [5.74, 6) is 1.52. The largest absolute Gasteiger partial charge is 0.497 e. The van der Waals surface area contributed by atoms with E-state index < -0.39 is 0 Å². The van der Waals surface area contributed by atoms with Crippen LogP contribution in [0.2, 0.25) is 0 Å². The van der Waals surface area contributed by atoms with Gasteiger partial charge in [0, 0.05) is 17.4 Å². The van der Waals surface area contributed by atoms with Gasteiger partial charge < -0.3 is 9.26 Å². The Labute approximate surface area is 178 Å². The first kappa shape index (κ1) is 18.9. The highest BCUT2D eigenvalue weighted by molar-refractivity contribution is 5.94. The minimum Gasteiger partial charge on any atom is -0.497 e. The fourth-order valence-corrected chi connectivity index (χ4v) is 3.48. The summed E-state index contributed by atoms with van der Waals surface area (Å²) < 4.78 is 24.2. The summed E-state index contributed by atoms with van der Waals surface area (Å²) in [6.07, 6.45) is 0.543. The van der Waals surface area contributed by atoms with E-state index in [0.29, 0.717) is 23.8 Å². The molecule has 0 spiro atoms. The average Bonchev–Trinajstić information content (AvgIpc) is 3.27. The topological polar surface area (TPSA) is 61.0 Å². The van der Waals surface area contributed by atoms with Crippen molar-refractivity contribution in [3.63, 3.8) is 0 Å². The van der Waals surface area contributed by atoms with Gasteiger partial charge in [0.05, 0.1) is 23.9 Å². The van der Waals surface area contributed by atoms with Crippen LogP contribution in [0.3, 0.4) is 0 Å². The first-order valence-electron chi connectivity index (χ1n) is 9.81. The van der Waals surface area contributed by atoms with Crippen molar-refractivity contribution in [2.45, 2.75) is 6.42 Å². The number of hydrogen-bond donors (Lipinski definition) is 0. The maximum atomic E-state index is 13.4. The Kier molecular flexibility index (Phi) is 4.88. The molecule has 0 atom stereocenters. The Morgan fingerprint density at radius 1 is 0.903 bits per heavy atom. The number of pyridine rings is 1. The number of fused-ring (bicyclic) bond motifs is 1. The van der Waals surface area contributed by atoms with E-state index in [1.165, 1.54) is 12.1 Å². The highest BCUT2D eigenvalue weighted by Gasteiger charge is 2.15. The van der Waals surface area contributed by atoms with Crippen molar-refractivity contribution in [3.8, 4) is 28.5 Å². The van der Waals surface area contributed by atoms with Gasteiger partial charge in [-0.1, -0.05) is 35.5 Å². The molecule has 0 bridgehead atoms. The van der Waals surface area contributed by atoms with Crippen LogP contribution in [-0.2, 0) is 6.42 Å². The summed E-state index contributed by atoms with van der Waals surface area (Å²) in [6.45, 7) is 0. The lowest BCUT2D eigenvalue weighted by atomic mass is 10.0. The molecule has 0 aliphatic heterocycles. The highest BCUT2D eigenvalue weighted by atomic mass is 19.1. The van der Waals surface area contributed by atoms with Gasteiger partial charge in [-0.25, -0.2) is 9.37 Å². The third-order valence-electron chi connectivity index (χ3n) is 5.08. The van der Waals surface area contributed by atoms with Crippen LogP contribution < -0.4 is 4.74 Å². The molecule has 2 aromatic heterocycles. The number of ether oxygens (including phenoxy) is 1. The Hall–Kier alpha value is -4.06. The number of para-hydroxylation sites is 1. The fourth-order valence-electron chi connectivity index (χ4n) is 3.48. The zero-order valence-electron chi connectivity index (χ0n) is 16.7. The molecule has 0 amide bonds. The monoisotopic (exact) mass is 411 g/mol. The van der Waals surface area contributed by atoms with E-state index in [0.717, 1.165) is 33.3 Å². The summed E-state index contributed by atoms with van der Waals surface area (Å²) in [5.41, 5.74) is 4.17. The minimum atomic E-state index is -0.287. The van der Waals surface area contributed by atoms with E-state index in [-0.39, 0.29) is 5.82 Å². The molecule has 0 fully saturated rings. The number of halogens is 1. The molecule has 3 aromatic carbocycles. The number of benzene rings is 3. The predicted molar refractivity (Wildman–Crippen MR) is 116 cm³/mol. The van der Waals surface area contributed by atoms with E-state index in [1.54, 1.807) is 19.2 Å². The molecule has 0 saturated heterocycles. The van der Waals surface area contributed by atoms with Gasteiger partial charge in [0.2, 0.25) is 0 Å². The van der Waals surface area contributed by atoms with Gasteiger partial charge in [0.25, 0.3) is 5.89 Å². The van der Waals surface area contributed by atoms with Gasteiger partial charge in [-0.2, -0.15) is 4.98 Å². The zero-order chi connectivity index (χ0) is 21.2. The van der Waals surface area contributed by atoms with E-state index in [2.05, 4.69) is 10.1 Å². The van der Waals surface area contributed by atoms with Crippen LogP contribution in [0.4, 0.5) is 4.39 Å². The van der Waals surface area contributed by atoms with Gasteiger partial charge in [-0.3, -0.25) is 0 Å². The fraction of sp³-hybridized carbons (Fsp3) is 0.0800. The lowest BCUT2D eigenvalue weighted by molar-refractivity contribution is 0.414. The second-order valence-electron chi connectivity index (χ2n) is 7.12. The Balaban J connectivity index is 1.54. The molecule has 0 saturated carbocycles. The molecule has 0 unspecified atom stereocenters. The molecule has 5 rings (SSSR count). The summed E-state index contributed by atoms with van der Waals surface area (Å²) in [4.78, 5) is 9.35. The van der Waals surface area contributed by atoms with E-state index in [9.17, 15) is 4.39 Å². The normalized spacial score (nSPS) is 11.0. The van der Waals surface area contributed by atoms with Gasteiger partial charge >= 0.3 is 0 Å². The molecule has 5 aromatic rings. The van der Waals surface area contributed by atoms with Crippen molar-refractivity contribution in [1.29, 1.82) is 0 Å². The molecule has 0 aliphatic rings. The molecule has 0 aliphatic carbocycles. The maximum absolute atomic E-state index is 13.4. The molecule has 5 nitrogen and oxygen atoms in total. The van der Waals surface area contributed by atoms with Crippen LogP contribution in [0, 0.1) is 5.82 Å². The van der Waals surface area contributed by atoms with Gasteiger partial charge in [-0.15, -0.1) is 0 Å². The maximum Gasteiger partial charge on any atom is 0.258 e. The Morgan fingerprint density at radius 2 is 1.68 bits per heavy atom. The van der Waals surface area contributed by atoms with Gasteiger partial charge in [0.1, 0.15) is 11.6 Å². The lowest BCUT2D eigenvalue weighted by Crippen LogP contribution is -1.92. The summed E-state index contributed by atoms with van der Waals surface area (Å²) in [6, 6.07) is 23.7. The van der Waals surface area contributed by atoms with Crippen LogP contribution in [0.15, 0.2) is 83.4 Å². The molecular formula is C25H18FN3O2. The highest BCUT2D eigenvalue weighted by Crippen LogP contribution is 2.31. The molecule has 0 radical (unpaired) electrons. The quantitative estimate of drug-likeness (QED) is 0.372. The van der Waals surface area contributed by atoms with Crippen LogP contribution in [0.5, 0.6) is 5.75 Å². The summed E-state index contributed by atoms with van der Waals surface area (Å²) >= 11 is 0. The average molecular weight is 411 g/mol. The number of aromatic nitrogens is 3. The van der Waals surface area contributed by atoms with Crippen LogP contribution in [0.1, 0.15) is 11.4 Å². The van der Waals surface area contributed by atoms with Crippen molar-refractivity contribution in [1.82, 2.24) is 15.1 Å².